The van der Waals surface area contributed by atoms with E-state index in [1.54, 1.807) is 20.8 Å². The van der Waals surface area contributed by atoms with E-state index in [9.17, 15) is 22.7 Å². The van der Waals surface area contributed by atoms with Gasteiger partial charge in [-0.05, 0) is 45.7 Å². The van der Waals surface area contributed by atoms with Gasteiger partial charge in [0.15, 0.2) is 15.6 Å². The molecule has 1 aliphatic rings. The van der Waals surface area contributed by atoms with Gasteiger partial charge >= 0.3 is 6.09 Å². The van der Waals surface area contributed by atoms with Gasteiger partial charge in [-0.1, -0.05) is 25.4 Å². The minimum Gasteiger partial charge on any atom is -0.504 e. The third kappa shape index (κ3) is 5.73. The normalized spacial score (nSPS) is 16.4. The van der Waals surface area contributed by atoms with Crippen molar-refractivity contribution in [2.75, 3.05) is 25.2 Å². The molecule has 0 spiro atoms. The summed E-state index contributed by atoms with van der Waals surface area (Å²) < 4.78 is 48.6. The maximum Gasteiger partial charge on any atom is 0.412 e. The SMILES string of the molecule is CC.CC(C)(C)OC(=O)Nc1ccc(Cl)c(S(=O)(=O)C2(CF)CCOCC2)c1O. The van der Waals surface area contributed by atoms with Crippen LogP contribution in [0.2, 0.25) is 5.02 Å². The van der Waals surface area contributed by atoms with Gasteiger partial charge in [0.2, 0.25) is 0 Å². The van der Waals surface area contributed by atoms with Crippen molar-refractivity contribution in [1.29, 1.82) is 0 Å². The van der Waals surface area contributed by atoms with Crippen molar-refractivity contribution in [2.45, 2.75) is 62.7 Å². The Bertz CT molecular complexity index is 817. The molecule has 1 aromatic carbocycles. The van der Waals surface area contributed by atoms with Crippen LogP contribution >= 0.6 is 11.6 Å². The van der Waals surface area contributed by atoms with Crippen molar-refractivity contribution in [1.82, 2.24) is 0 Å². The monoisotopic (exact) mass is 453 g/mol. The molecule has 0 aromatic heterocycles. The number of halogens is 2. The molecule has 1 fully saturated rings. The summed E-state index contributed by atoms with van der Waals surface area (Å²) in [4.78, 5) is 11.3. The molecule has 29 heavy (non-hydrogen) atoms. The number of ether oxygens (including phenoxy) is 2. The number of nitrogens with one attached hydrogen (secondary N) is 1. The van der Waals surface area contributed by atoms with E-state index in [1.165, 1.54) is 12.1 Å². The Balaban J connectivity index is 0.00000204. The van der Waals surface area contributed by atoms with Gasteiger partial charge in [-0.25, -0.2) is 17.6 Å². The molecular formula is C19H29ClFNO6S. The fourth-order valence-corrected chi connectivity index (χ4v) is 5.18. The summed E-state index contributed by atoms with van der Waals surface area (Å²) in [7, 11) is -4.36. The minimum absolute atomic E-state index is 0.0642. The van der Waals surface area contributed by atoms with Gasteiger partial charge in [0.25, 0.3) is 0 Å². The third-order valence-electron chi connectivity index (χ3n) is 4.21. The quantitative estimate of drug-likeness (QED) is 0.640. The molecule has 1 heterocycles. The Hall–Kier alpha value is -1.58. The molecule has 0 atom stereocenters. The molecule has 1 aromatic rings. The lowest BCUT2D eigenvalue weighted by molar-refractivity contribution is 0.0635. The molecule has 2 rings (SSSR count). The standard InChI is InChI=1S/C17H23ClFNO6S.C2H6/c1-16(2,3)26-15(22)20-12-5-4-11(18)14(13(12)21)27(23,24)17(10-19)6-8-25-9-7-17;1-2/h4-5,21H,6-10H2,1-3H3,(H,20,22);1-2H3. The zero-order chi connectivity index (χ0) is 22.5. The molecule has 2 N–H and O–H groups in total. The molecular weight excluding hydrogens is 425 g/mol. The van der Waals surface area contributed by atoms with Crippen LogP contribution in [0.3, 0.4) is 0 Å². The van der Waals surface area contributed by atoms with Gasteiger partial charge < -0.3 is 14.6 Å². The smallest absolute Gasteiger partial charge is 0.412 e. The first-order chi connectivity index (χ1) is 13.4. The fourth-order valence-electron chi connectivity index (χ4n) is 2.75. The number of rotatable bonds is 4. The zero-order valence-corrected chi connectivity index (χ0v) is 18.9. The minimum atomic E-state index is -4.36. The molecule has 0 unspecified atom stereocenters. The molecule has 1 amide bonds. The number of carbonyl (C=O) groups is 1. The highest BCUT2D eigenvalue weighted by Gasteiger charge is 2.48. The number of phenolic OH excluding ortho intramolecular Hbond substituents is 1. The fraction of sp³-hybridized carbons (Fsp3) is 0.632. The number of hydrogen-bond acceptors (Lipinski definition) is 6. The number of alkyl halides is 1. The van der Waals surface area contributed by atoms with Crippen LogP contribution in [0.15, 0.2) is 17.0 Å². The predicted molar refractivity (Wildman–Crippen MR) is 110 cm³/mol. The molecule has 0 radical (unpaired) electrons. The Morgan fingerprint density at radius 1 is 1.31 bits per heavy atom. The van der Waals surface area contributed by atoms with Gasteiger partial charge in [0, 0.05) is 13.2 Å². The molecule has 166 valence electrons. The van der Waals surface area contributed by atoms with Gasteiger partial charge in [-0.15, -0.1) is 0 Å². The number of hydrogen-bond donors (Lipinski definition) is 2. The average Bonchev–Trinajstić information content (AvgIpc) is 2.64. The summed E-state index contributed by atoms with van der Waals surface area (Å²) in [5.74, 6) is -0.757. The van der Waals surface area contributed by atoms with E-state index in [2.05, 4.69) is 5.32 Å². The van der Waals surface area contributed by atoms with E-state index in [1.807, 2.05) is 13.8 Å². The predicted octanol–water partition coefficient (Wildman–Crippen LogP) is 4.71. The lowest BCUT2D eigenvalue weighted by Gasteiger charge is -2.34. The van der Waals surface area contributed by atoms with E-state index in [-0.39, 0.29) is 36.8 Å². The Kier molecular flexibility index (Phi) is 8.74. The summed E-state index contributed by atoms with van der Waals surface area (Å²) in [6.07, 6.45) is -1.01. The van der Waals surface area contributed by atoms with E-state index in [4.69, 9.17) is 21.1 Å². The number of sulfone groups is 1. The number of phenols is 1. The molecule has 10 heteroatoms. The van der Waals surface area contributed by atoms with Crippen LogP contribution in [0.1, 0.15) is 47.5 Å². The summed E-state index contributed by atoms with van der Waals surface area (Å²) >= 11 is 6.03. The van der Waals surface area contributed by atoms with Gasteiger partial charge in [0.1, 0.15) is 21.9 Å². The molecule has 0 aliphatic carbocycles. The first-order valence-corrected chi connectivity index (χ1v) is 11.2. The second-order valence-electron chi connectivity index (χ2n) is 7.33. The van der Waals surface area contributed by atoms with Crippen LogP contribution in [0.4, 0.5) is 14.9 Å². The topological polar surface area (TPSA) is 102 Å². The number of aromatic hydroxyl groups is 1. The maximum absolute atomic E-state index is 13.8. The van der Waals surface area contributed by atoms with Crippen molar-refractivity contribution >= 4 is 33.2 Å². The molecule has 1 saturated heterocycles. The second kappa shape index (κ2) is 9.95. The van der Waals surface area contributed by atoms with E-state index in [0.29, 0.717) is 0 Å². The molecule has 0 bridgehead atoms. The van der Waals surface area contributed by atoms with Crippen molar-refractivity contribution < 1.29 is 32.2 Å². The number of benzene rings is 1. The summed E-state index contributed by atoms with van der Waals surface area (Å²) in [5.41, 5.74) is -0.991. The van der Waals surface area contributed by atoms with Crippen LogP contribution < -0.4 is 5.32 Å². The van der Waals surface area contributed by atoms with Gasteiger partial charge in [-0.2, -0.15) is 0 Å². The van der Waals surface area contributed by atoms with Crippen LogP contribution in [-0.4, -0.2) is 49.9 Å². The molecule has 7 nitrogen and oxygen atoms in total. The average molecular weight is 454 g/mol. The Morgan fingerprint density at radius 3 is 2.34 bits per heavy atom. The van der Waals surface area contributed by atoms with Crippen molar-refractivity contribution in [3.63, 3.8) is 0 Å². The summed E-state index contributed by atoms with van der Waals surface area (Å²) in [5, 5.41) is 12.5. The molecule has 0 saturated carbocycles. The van der Waals surface area contributed by atoms with Crippen LogP contribution in [-0.2, 0) is 19.3 Å². The van der Waals surface area contributed by atoms with Gasteiger partial charge in [-0.3, -0.25) is 5.32 Å². The van der Waals surface area contributed by atoms with E-state index in [0.717, 1.165) is 0 Å². The Labute approximate surface area is 176 Å². The van der Waals surface area contributed by atoms with Gasteiger partial charge in [0.05, 0.1) is 10.7 Å². The third-order valence-corrected chi connectivity index (χ3v) is 7.24. The largest absolute Gasteiger partial charge is 0.504 e. The van der Waals surface area contributed by atoms with Crippen LogP contribution in [0, 0.1) is 0 Å². The Morgan fingerprint density at radius 2 is 1.86 bits per heavy atom. The highest BCUT2D eigenvalue weighted by atomic mass is 35.5. The zero-order valence-electron chi connectivity index (χ0n) is 17.3. The van der Waals surface area contributed by atoms with Crippen molar-refractivity contribution in [2.24, 2.45) is 0 Å². The number of amides is 1. The molecule has 1 aliphatic heterocycles. The summed E-state index contributed by atoms with van der Waals surface area (Å²) in [6.45, 7) is 7.98. The number of carbonyl (C=O) groups excluding carboxylic acids is 1. The van der Waals surface area contributed by atoms with Crippen LogP contribution in [0.5, 0.6) is 5.75 Å². The number of anilines is 1. The first-order valence-electron chi connectivity index (χ1n) is 9.33. The second-order valence-corrected chi connectivity index (χ2v) is 10.0. The van der Waals surface area contributed by atoms with E-state index < -0.39 is 43.6 Å². The van der Waals surface area contributed by atoms with Crippen LogP contribution in [0.25, 0.3) is 0 Å². The highest BCUT2D eigenvalue weighted by Crippen LogP contribution is 2.44. The summed E-state index contributed by atoms with van der Waals surface area (Å²) in [6, 6.07) is 2.46. The van der Waals surface area contributed by atoms with Crippen molar-refractivity contribution in [3.8, 4) is 5.75 Å². The van der Waals surface area contributed by atoms with Crippen molar-refractivity contribution in [3.05, 3.63) is 17.2 Å². The lowest BCUT2D eigenvalue weighted by Crippen LogP contribution is -2.46. The van der Waals surface area contributed by atoms with E-state index >= 15 is 0 Å². The maximum atomic E-state index is 13.8. The first kappa shape index (κ1) is 25.5. The lowest BCUT2D eigenvalue weighted by atomic mass is 10.0. The highest BCUT2D eigenvalue weighted by molar-refractivity contribution is 7.93.